The molecule has 0 amide bonds. The zero-order valence-electron chi connectivity index (χ0n) is 11.0. The second-order valence-electron chi connectivity index (χ2n) is 4.19. The standard InChI is InChI=1S/C11H18N4O2S2/c1-3-19(16,17)11-8-18-5-4-15(11)10-7-13-6-9(12-2)14-10/h6-7,11H,3-5,8H2,1-2H3,(H,12,14). The van der Waals surface area contributed by atoms with Gasteiger partial charge in [-0.15, -0.1) is 0 Å². The Bertz CT molecular complexity index is 535. The van der Waals surface area contributed by atoms with Crippen LogP contribution in [0.1, 0.15) is 6.92 Å². The Morgan fingerprint density at radius 1 is 1.53 bits per heavy atom. The maximum atomic E-state index is 12.2. The molecule has 1 N–H and O–H groups in total. The van der Waals surface area contributed by atoms with Gasteiger partial charge in [-0.25, -0.2) is 13.4 Å². The Hall–Kier alpha value is -1.02. The molecular weight excluding hydrogens is 284 g/mol. The molecule has 1 aliphatic rings. The third-order valence-electron chi connectivity index (χ3n) is 3.07. The molecule has 1 unspecified atom stereocenters. The molecule has 0 radical (unpaired) electrons. The van der Waals surface area contributed by atoms with Gasteiger partial charge in [0.2, 0.25) is 0 Å². The lowest BCUT2D eigenvalue weighted by Gasteiger charge is -2.35. The number of nitrogens with zero attached hydrogens (tertiary/aromatic N) is 3. The van der Waals surface area contributed by atoms with E-state index in [1.165, 1.54) is 0 Å². The fraction of sp³-hybridized carbons (Fsp3) is 0.636. The first kappa shape index (κ1) is 14.4. The van der Waals surface area contributed by atoms with Gasteiger partial charge in [-0.05, 0) is 0 Å². The summed E-state index contributed by atoms with van der Waals surface area (Å²) < 4.78 is 24.3. The highest BCUT2D eigenvalue weighted by molar-refractivity contribution is 8.01. The Labute approximate surface area is 117 Å². The maximum absolute atomic E-state index is 12.2. The molecule has 1 aromatic rings. The van der Waals surface area contributed by atoms with E-state index in [-0.39, 0.29) is 5.75 Å². The Morgan fingerprint density at radius 2 is 2.32 bits per heavy atom. The van der Waals surface area contributed by atoms with E-state index in [1.54, 1.807) is 38.1 Å². The fourth-order valence-electron chi connectivity index (χ4n) is 1.95. The van der Waals surface area contributed by atoms with Gasteiger partial charge in [0.25, 0.3) is 0 Å². The first-order valence-electron chi connectivity index (χ1n) is 6.14. The monoisotopic (exact) mass is 302 g/mol. The molecular formula is C11H18N4O2S2. The summed E-state index contributed by atoms with van der Waals surface area (Å²) in [6.07, 6.45) is 3.24. The van der Waals surface area contributed by atoms with Crippen molar-refractivity contribution in [1.29, 1.82) is 0 Å². The zero-order chi connectivity index (χ0) is 13.9. The number of rotatable bonds is 4. The molecule has 6 nitrogen and oxygen atoms in total. The van der Waals surface area contributed by atoms with E-state index >= 15 is 0 Å². The molecule has 8 heteroatoms. The van der Waals surface area contributed by atoms with Crippen LogP contribution in [0.4, 0.5) is 11.6 Å². The van der Waals surface area contributed by atoms with Crippen LogP contribution in [0.3, 0.4) is 0 Å². The van der Waals surface area contributed by atoms with Crippen molar-refractivity contribution in [2.45, 2.75) is 12.3 Å². The van der Waals surface area contributed by atoms with Crippen molar-refractivity contribution in [2.24, 2.45) is 0 Å². The molecule has 1 aromatic heterocycles. The fourth-order valence-corrected chi connectivity index (χ4v) is 4.93. The molecule has 0 spiro atoms. The van der Waals surface area contributed by atoms with Crippen LogP contribution in [0.25, 0.3) is 0 Å². The van der Waals surface area contributed by atoms with Crippen molar-refractivity contribution in [3.63, 3.8) is 0 Å². The summed E-state index contributed by atoms with van der Waals surface area (Å²) in [7, 11) is -1.36. The molecule has 1 aliphatic heterocycles. The minimum absolute atomic E-state index is 0.147. The van der Waals surface area contributed by atoms with Crippen LogP contribution in [0.15, 0.2) is 12.4 Å². The first-order valence-corrected chi connectivity index (χ1v) is 9.01. The largest absolute Gasteiger partial charge is 0.372 e. The average Bonchev–Trinajstić information content (AvgIpc) is 2.47. The van der Waals surface area contributed by atoms with Crippen molar-refractivity contribution in [3.05, 3.63) is 12.4 Å². The second-order valence-corrected chi connectivity index (χ2v) is 7.78. The van der Waals surface area contributed by atoms with Crippen LogP contribution in [0, 0.1) is 0 Å². The average molecular weight is 302 g/mol. The van der Waals surface area contributed by atoms with E-state index in [4.69, 9.17) is 0 Å². The normalized spacial score (nSPS) is 20.3. The van der Waals surface area contributed by atoms with E-state index in [0.29, 0.717) is 23.9 Å². The highest BCUT2D eigenvalue weighted by Gasteiger charge is 2.33. The molecule has 1 atom stereocenters. The van der Waals surface area contributed by atoms with E-state index in [2.05, 4.69) is 15.3 Å². The van der Waals surface area contributed by atoms with E-state index in [0.717, 1.165) is 5.75 Å². The summed E-state index contributed by atoms with van der Waals surface area (Å²) in [4.78, 5) is 10.3. The third kappa shape index (κ3) is 3.11. The summed E-state index contributed by atoms with van der Waals surface area (Å²) >= 11 is 1.67. The molecule has 0 aliphatic carbocycles. The number of thioether (sulfide) groups is 1. The van der Waals surface area contributed by atoms with Crippen LogP contribution in [-0.4, -0.2) is 54.6 Å². The molecule has 2 rings (SSSR count). The van der Waals surface area contributed by atoms with Crippen LogP contribution in [0.5, 0.6) is 0 Å². The first-order chi connectivity index (χ1) is 9.08. The Kier molecular flexibility index (Phi) is 4.51. The number of aromatic nitrogens is 2. The number of nitrogens with one attached hydrogen (secondary N) is 1. The maximum Gasteiger partial charge on any atom is 0.171 e. The van der Waals surface area contributed by atoms with Crippen molar-refractivity contribution in [3.8, 4) is 0 Å². The van der Waals surface area contributed by atoms with Crippen molar-refractivity contribution in [1.82, 2.24) is 9.97 Å². The van der Waals surface area contributed by atoms with Gasteiger partial charge in [0.05, 0.1) is 12.4 Å². The number of hydrogen-bond donors (Lipinski definition) is 1. The number of hydrogen-bond acceptors (Lipinski definition) is 7. The third-order valence-corrected chi connectivity index (χ3v) is 6.36. The molecule has 106 valence electrons. The van der Waals surface area contributed by atoms with Crippen molar-refractivity contribution < 1.29 is 8.42 Å². The number of sulfone groups is 1. The van der Waals surface area contributed by atoms with Gasteiger partial charge in [0.1, 0.15) is 11.2 Å². The van der Waals surface area contributed by atoms with Crippen molar-refractivity contribution >= 4 is 33.2 Å². The molecule has 1 fully saturated rings. The van der Waals surface area contributed by atoms with Gasteiger partial charge in [0, 0.05) is 30.9 Å². The molecule has 19 heavy (non-hydrogen) atoms. The van der Waals surface area contributed by atoms with Crippen molar-refractivity contribution in [2.75, 3.05) is 41.1 Å². The number of anilines is 2. The van der Waals surface area contributed by atoms with E-state index in [1.807, 2.05) is 4.90 Å². The second kappa shape index (κ2) is 5.96. The molecule has 0 bridgehead atoms. The lowest BCUT2D eigenvalue weighted by Crippen LogP contribution is -2.48. The predicted octanol–water partition coefficient (Wildman–Crippen LogP) is 0.832. The van der Waals surface area contributed by atoms with E-state index in [9.17, 15) is 8.42 Å². The zero-order valence-corrected chi connectivity index (χ0v) is 12.7. The highest BCUT2D eigenvalue weighted by Crippen LogP contribution is 2.26. The van der Waals surface area contributed by atoms with Gasteiger partial charge < -0.3 is 10.2 Å². The van der Waals surface area contributed by atoms with E-state index < -0.39 is 15.2 Å². The lowest BCUT2D eigenvalue weighted by atomic mass is 10.4. The Balaban J connectivity index is 2.34. The molecule has 0 aromatic carbocycles. The molecule has 0 saturated carbocycles. The summed E-state index contributed by atoms with van der Waals surface area (Å²) in [6, 6.07) is 0. The van der Waals surface area contributed by atoms with Crippen LogP contribution in [0.2, 0.25) is 0 Å². The SMILES string of the molecule is CCS(=O)(=O)C1CSCCN1c1cncc(NC)n1. The van der Waals surface area contributed by atoms with Crippen LogP contribution in [-0.2, 0) is 9.84 Å². The highest BCUT2D eigenvalue weighted by atomic mass is 32.2. The topological polar surface area (TPSA) is 75.2 Å². The van der Waals surface area contributed by atoms with Crippen LogP contribution >= 0.6 is 11.8 Å². The Morgan fingerprint density at radius 3 is 3.00 bits per heavy atom. The minimum Gasteiger partial charge on any atom is -0.372 e. The smallest absolute Gasteiger partial charge is 0.171 e. The molecule has 2 heterocycles. The predicted molar refractivity (Wildman–Crippen MR) is 79.5 cm³/mol. The van der Waals surface area contributed by atoms with Gasteiger partial charge in [-0.2, -0.15) is 11.8 Å². The van der Waals surface area contributed by atoms with Crippen LogP contribution < -0.4 is 10.2 Å². The molecule has 1 saturated heterocycles. The summed E-state index contributed by atoms with van der Waals surface area (Å²) in [5.74, 6) is 2.90. The summed E-state index contributed by atoms with van der Waals surface area (Å²) in [5, 5.41) is 2.42. The van der Waals surface area contributed by atoms with Gasteiger partial charge >= 0.3 is 0 Å². The lowest BCUT2D eigenvalue weighted by molar-refractivity contribution is 0.579. The minimum atomic E-state index is -3.12. The van der Waals surface area contributed by atoms with Gasteiger partial charge in [0.15, 0.2) is 15.7 Å². The van der Waals surface area contributed by atoms with Gasteiger partial charge in [-0.1, -0.05) is 6.92 Å². The summed E-state index contributed by atoms with van der Waals surface area (Å²) in [5.41, 5.74) is 0. The summed E-state index contributed by atoms with van der Waals surface area (Å²) in [6.45, 7) is 2.36. The van der Waals surface area contributed by atoms with Gasteiger partial charge in [-0.3, -0.25) is 4.98 Å². The quantitative estimate of drug-likeness (QED) is 0.883.